The van der Waals surface area contributed by atoms with E-state index in [0.717, 1.165) is 17.9 Å². The maximum absolute atomic E-state index is 11.2. The van der Waals surface area contributed by atoms with Crippen molar-refractivity contribution in [2.24, 2.45) is 0 Å². The van der Waals surface area contributed by atoms with Crippen molar-refractivity contribution in [3.05, 3.63) is 16.8 Å². The molecule has 0 saturated heterocycles. The summed E-state index contributed by atoms with van der Waals surface area (Å²) in [5.74, 6) is -0.458. The zero-order valence-electron chi connectivity index (χ0n) is 12.0. The van der Waals surface area contributed by atoms with E-state index in [1.165, 1.54) is 19.2 Å². The van der Waals surface area contributed by atoms with Gasteiger partial charge in [0, 0.05) is 12.6 Å². The second-order valence-corrected chi connectivity index (χ2v) is 6.28. The number of ether oxygens (including phenoxy) is 1. The SMILES string of the molecule is Cc1c(C(=O)O)sc2ncnc(OCCN(C)C3CC3)c12. The number of hydrogen-bond donors (Lipinski definition) is 1. The van der Waals surface area contributed by atoms with Gasteiger partial charge in [-0.2, -0.15) is 0 Å². The number of thiophene rings is 1. The molecule has 21 heavy (non-hydrogen) atoms. The van der Waals surface area contributed by atoms with E-state index in [9.17, 15) is 9.90 Å². The molecule has 1 N–H and O–H groups in total. The average molecular weight is 307 g/mol. The minimum absolute atomic E-state index is 0.297. The van der Waals surface area contributed by atoms with Crippen LogP contribution < -0.4 is 4.74 Å². The van der Waals surface area contributed by atoms with Crippen LogP contribution in [0.2, 0.25) is 0 Å². The van der Waals surface area contributed by atoms with Gasteiger partial charge < -0.3 is 14.7 Å². The Morgan fingerprint density at radius 1 is 1.52 bits per heavy atom. The summed E-state index contributed by atoms with van der Waals surface area (Å²) in [6, 6.07) is 0.695. The lowest BCUT2D eigenvalue weighted by molar-refractivity contribution is 0.0701. The summed E-state index contributed by atoms with van der Waals surface area (Å²) in [6.45, 7) is 3.15. The monoisotopic (exact) mass is 307 g/mol. The van der Waals surface area contributed by atoms with Crippen molar-refractivity contribution < 1.29 is 14.6 Å². The van der Waals surface area contributed by atoms with E-state index in [0.29, 0.717) is 39.2 Å². The zero-order chi connectivity index (χ0) is 15.0. The standard InChI is InChI=1S/C14H17N3O3S/c1-8-10-12(20-6-5-17(2)9-3-4-9)15-7-16-13(10)21-11(8)14(18)19/h7,9H,3-6H2,1-2H3,(H,18,19). The van der Waals surface area contributed by atoms with Gasteiger partial charge in [0.2, 0.25) is 5.88 Å². The molecule has 1 aliphatic carbocycles. The van der Waals surface area contributed by atoms with Crippen molar-refractivity contribution in [3.8, 4) is 5.88 Å². The molecule has 0 aliphatic heterocycles. The fourth-order valence-corrected chi connectivity index (χ4v) is 3.32. The molecule has 1 saturated carbocycles. The molecule has 3 rings (SSSR count). The normalized spacial score (nSPS) is 14.8. The maximum atomic E-state index is 11.2. The summed E-state index contributed by atoms with van der Waals surface area (Å²) in [4.78, 5) is 22.7. The van der Waals surface area contributed by atoms with Gasteiger partial charge in [0.05, 0.1) is 5.39 Å². The molecule has 7 heteroatoms. The van der Waals surface area contributed by atoms with Crippen LogP contribution in [0.4, 0.5) is 0 Å². The van der Waals surface area contributed by atoms with E-state index in [1.807, 2.05) is 0 Å². The molecule has 112 valence electrons. The number of rotatable bonds is 6. The summed E-state index contributed by atoms with van der Waals surface area (Å²) in [7, 11) is 2.09. The molecule has 6 nitrogen and oxygen atoms in total. The minimum atomic E-state index is -0.935. The van der Waals surface area contributed by atoms with Gasteiger partial charge in [0.25, 0.3) is 0 Å². The van der Waals surface area contributed by atoms with Crippen LogP contribution >= 0.6 is 11.3 Å². The summed E-state index contributed by atoms with van der Waals surface area (Å²) < 4.78 is 5.76. The number of hydrogen-bond acceptors (Lipinski definition) is 6. The third kappa shape index (κ3) is 2.84. The number of aromatic carboxylic acids is 1. The number of likely N-dealkylation sites (N-methyl/N-ethyl adjacent to an activating group) is 1. The van der Waals surface area contributed by atoms with Crippen molar-refractivity contribution in [2.45, 2.75) is 25.8 Å². The van der Waals surface area contributed by atoms with Crippen LogP contribution in [0.15, 0.2) is 6.33 Å². The Balaban J connectivity index is 1.79. The van der Waals surface area contributed by atoms with Gasteiger partial charge in [-0.1, -0.05) is 0 Å². The van der Waals surface area contributed by atoms with Gasteiger partial charge in [-0.25, -0.2) is 14.8 Å². The first-order valence-corrected chi connectivity index (χ1v) is 7.70. The fraction of sp³-hybridized carbons (Fsp3) is 0.500. The van der Waals surface area contributed by atoms with Crippen LogP contribution in [-0.2, 0) is 0 Å². The highest BCUT2D eigenvalue weighted by molar-refractivity contribution is 7.20. The molecule has 2 heterocycles. The van der Waals surface area contributed by atoms with E-state index in [4.69, 9.17) is 4.74 Å². The van der Waals surface area contributed by atoms with E-state index in [2.05, 4.69) is 21.9 Å². The summed E-state index contributed by atoms with van der Waals surface area (Å²) in [6.07, 6.45) is 3.95. The molecule has 1 aliphatic rings. The van der Waals surface area contributed by atoms with Gasteiger partial charge in [-0.15, -0.1) is 11.3 Å². The Hall–Kier alpha value is -1.73. The lowest BCUT2D eigenvalue weighted by Crippen LogP contribution is -2.26. The van der Waals surface area contributed by atoms with Crippen LogP contribution in [0.1, 0.15) is 28.1 Å². The zero-order valence-corrected chi connectivity index (χ0v) is 12.8. The van der Waals surface area contributed by atoms with Gasteiger partial charge in [0.1, 0.15) is 22.6 Å². The van der Waals surface area contributed by atoms with Crippen molar-refractivity contribution >= 4 is 27.5 Å². The quantitative estimate of drug-likeness (QED) is 0.881. The van der Waals surface area contributed by atoms with Crippen LogP contribution in [-0.4, -0.2) is 52.2 Å². The van der Waals surface area contributed by atoms with E-state index in [1.54, 1.807) is 6.92 Å². The first-order valence-electron chi connectivity index (χ1n) is 6.88. The Morgan fingerprint density at radius 2 is 2.29 bits per heavy atom. The van der Waals surface area contributed by atoms with Crippen molar-refractivity contribution in [1.29, 1.82) is 0 Å². The summed E-state index contributed by atoms with van der Waals surface area (Å²) in [5.41, 5.74) is 0.675. The van der Waals surface area contributed by atoms with Gasteiger partial charge in [-0.3, -0.25) is 0 Å². The number of carboxylic acid groups (broad SMARTS) is 1. The highest BCUT2D eigenvalue weighted by Crippen LogP contribution is 2.34. The number of fused-ring (bicyclic) bond motifs is 1. The first kappa shape index (κ1) is 14.2. The highest BCUT2D eigenvalue weighted by Gasteiger charge is 2.26. The molecule has 0 amide bonds. The molecule has 0 aromatic carbocycles. The largest absolute Gasteiger partial charge is 0.477 e. The Bertz CT molecular complexity index is 681. The third-order valence-electron chi connectivity index (χ3n) is 3.74. The topological polar surface area (TPSA) is 75.5 Å². The number of carbonyl (C=O) groups is 1. The van der Waals surface area contributed by atoms with Crippen molar-refractivity contribution in [1.82, 2.24) is 14.9 Å². The predicted octanol–water partition coefficient (Wildman–Crippen LogP) is 2.17. The second-order valence-electron chi connectivity index (χ2n) is 5.28. The van der Waals surface area contributed by atoms with Gasteiger partial charge in [0.15, 0.2) is 0 Å². The van der Waals surface area contributed by atoms with E-state index in [-0.39, 0.29) is 0 Å². The Kier molecular flexibility index (Phi) is 3.77. The van der Waals surface area contributed by atoms with Gasteiger partial charge in [-0.05, 0) is 32.4 Å². The molecule has 2 aromatic heterocycles. The summed E-state index contributed by atoms with van der Waals surface area (Å²) >= 11 is 1.16. The second kappa shape index (κ2) is 5.57. The number of aryl methyl sites for hydroxylation is 1. The number of aromatic nitrogens is 2. The smallest absolute Gasteiger partial charge is 0.346 e. The minimum Gasteiger partial charge on any atom is -0.477 e. The Morgan fingerprint density at radius 3 is 2.95 bits per heavy atom. The molecule has 0 spiro atoms. The fourth-order valence-electron chi connectivity index (χ4n) is 2.34. The molecule has 1 fully saturated rings. The van der Waals surface area contributed by atoms with Crippen LogP contribution in [0.3, 0.4) is 0 Å². The van der Waals surface area contributed by atoms with Crippen molar-refractivity contribution in [3.63, 3.8) is 0 Å². The molecule has 0 atom stereocenters. The van der Waals surface area contributed by atoms with Gasteiger partial charge >= 0.3 is 5.97 Å². The molecular formula is C14H17N3O3S. The van der Waals surface area contributed by atoms with E-state index >= 15 is 0 Å². The maximum Gasteiger partial charge on any atom is 0.346 e. The lowest BCUT2D eigenvalue weighted by Gasteiger charge is -2.15. The number of carboxylic acids is 1. The van der Waals surface area contributed by atoms with Crippen LogP contribution in [0, 0.1) is 6.92 Å². The van der Waals surface area contributed by atoms with Crippen LogP contribution in [0.25, 0.3) is 10.2 Å². The highest BCUT2D eigenvalue weighted by atomic mass is 32.1. The molecule has 0 bridgehead atoms. The first-order chi connectivity index (χ1) is 10.1. The average Bonchev–Trinajstić information content (AvgIpc) is 3.23. The molecule has 0 radical (unpaired) electrons. The molecule has 0 unspecified atom stereocenters. The number of nitrogens with zero attached hydrogens (tertiary/aromatic N) is 3. The van der Waals surface area contributed by atoms with Crippen molar-refractivity contribution in [2.75, 3.05) is 20.2 Å². The third-order valence-corrected chi connectivity index (χ3v) is 4.93. The predicted molar refractivity (Wildman–Crippen MR) is 80.3 cm³/mol. The molecule has 2 aromatic rings. The molecular weight excluding hydrogens is 290 g/mol. The van der Waals surface area contributed by atoms with E-state index < -0.39 is 5.97 Å². The van der Waals surface area contributed by atoms with Crippen LogP contribution in [0.5, 0.6) is 5.88 Å². The summed E-state index contributed by atoms with van der Waals surface area (Å²) in [5, 5.41) is 9.91. The lowest BCUT2D eigenvalue weighted by atomic mass is 10.2. The Labute approximate surface area is 126 Å².